The standard InChI is InChI=1S/C12H17NO2/c1-13-8-4-5-10-6-7-11(14-2)12(9-10)15-3/h4-7,9,13H,8H2,1-3H3. The third-order valence-corrected chi connectivity index (χ3v) is 2.04. The zero-order chi connectivity index (χ0) is 11.1. The Bertz CT molecular complexity index is 334. The maximum atomic E-state index is 5.21. The molecule has 0 radical (unpaired) electrons. The van der Waals surface area contributed by atoms with Gasteiger partial charge in [-0.15, -0.1) is 0 Å². The summed E-state index contributed by atoms with van der Waals surface area (Å²) < 4.78 is 10.4. The molecule has 0 amide bonds. The SMILES string of the molecule is CNCC=Cc1ccc(OC)c(OC)c1. The highest BCUT2D eigenvalue weighted by Gasteiger charge is 2.01. The molecule has 0 aromatic heterocycles. The van der Waals surface area contributed by atoms with Gasteiger partial charge in [0, 0.05) is 6.54 Å². The van der Waals surface area contributed by atoms with Crippen LogP contribution in [0.15, 0.2) is 24.3 Å². The van der Waals surface area contributed by atoms with E-state index in [1.54, 1.807) is 14.2 Å². The largest absolute Gasteiger partial charge is 0.493 e. The third kappa shape index (κ3) is 3.29. The second-order valence-corrected chi connectivity index (χ2v) is 3.07. The number of hydrogen-bond donors (Lipinski definition) is 1. The molecule has 82 valence electrons. The Balaban J connectivity index is 2.83. The number of benzene rings is 1. The summed E-state index contributed by atoms with van der Waals surface area (Å²) in [5, 5.41) is 3.05. The Labute approximate surface area is 90.7 Å². The van der Waals surface area contributed by atoms with Crippen LogP contribution in [0.3, 0.4) is 0 Å². The van der Waals surface area contributed by atoms with Crippen molar-refractivity contribution in [3.05, 3.63) is 29.8 Å². The van der Waals surface area contributed by atoms with E-state index >= 15 is 0 Å². The van der Waals surface area contributed by atoms with Gasteiger partial charge < -0.3 is 14.8 Å². The Hall–Kier alpha value is -1.48. The lowest BCUT2D eigenvalue weighted by Crippen LogP contribution is -2.03. The Morgan fingerprint density at radius 1 is 1.20 bits per heavy atom. The van der Waals surface area contributed by atoms with E-state index in [2.05, 4.69) is 11.4 Å². The molecule has 0 unspecified atom stereocenters. The molecule has 0 saturated carbocycles. The first-order valence-electron chi connectivity index (χ1n) is 4.85. The van der Waals surface area contributed by atoms with Crippen LogP contribution >= 0.6 is 0 Å². The van der Waals surface area contributed by atoms with Crippen LogP contribution in [-0.4, -0.2) is 27.8 Å². The van der Waals surface area contributed by atoms with Crippen LogP contribution in [0.4, 0.5) is 0 Å². The average molecular weight is 207 g/mol. The molecule has 15 heavy (non-hydrogen) atoms. The minimum Gasteiger partial charge on any atom is -0.493 e. The van der Waals surface area contributed by atoms with Gasteiger partial charge in [-0.05, 0) is 24.7 Å². The number of likely N-dealkylation sites (N-methyl/N-ethyl adjacent to an activating group) is 1. The van der Waals surface area contributed by atoms with Gasteiger partial charge in [-0.1, -0.05) is 18.2 Å². The fraction of sp³-hybridized carbons (Fsp3) is 0.333. The third-order valence-electron chi connectivity index (χ3n) is 2.04. The zero-order valence-corrected chi connectivity index (χ0v) is 9.41. The van der Waals surface area contributed by atoms with Crippen molar-refractivity contribution in [1.29, 1.82) is 0 Å². The summed E-state index contributed by atoms with van der Waals surface area (Å²) >= 11 is 0. The Morgan fingerprint density at radius 3 is 2.53 bits per heavy atom. The van der Waals surface area contributed by atoms with Crippen molar-refractivity contribution in [3.63, 3.8) is 0 Å². The van der Waals surface area contributed by atoms with Crippen molar-refractivity contribution in [2.45, 2.75) is 0 Å². The van der Waals surface area contributed by atoms with Crippen molar-refractivity contribution in [3.8, 4) is 11.5 Å². The highest BCUT2D eigenvalue weighted by atomic mass is 16.5. The van der Waals surface area contributed by atoms with Crippen molar-refractivity contribution in [2.24, 2.45) is 0 Å². The van der Waals surface area contributed by atoms with Crippen LogP contribution < -0.4 is 14.8 Å². The smallest absolute Gasteiger partial charge is 0.161 e. The van der Waals surface area contributed by atoms with E-state index in [0.717, 1.165) is 23.6 Å². The molecule has 0 aliphatic rings. The number of hydrogen-bond acceptors (Lipinski definition) is 3. The summed E-state index contributed by atoms with van der Waals surface area (Å²) in [7, 11) is 5.19. The summed E-state index contributed by atoms with van der Waals surface area (Å²) in [6.07, 6.45) is 4.10. The lowest BCUT2D eigenvalue weighted by molar-refractivity contribution is 0.355. The lowest BCUT2D eigenvalue weighted by atomic mass is 10.2. The molecule has 3 heteroatoms. The van der Waals surface area contributed by atoms with Gasteiger partial charge in [0.05, 0.1) is 14.2 Å². The lowest BCUT2D eigenvalue weighted by Gasteiger charge is -2.07. The molecule has 1 aromatic rings. The predicted octanol–water partition coefficient (Wildman–Crippen LogP) is 1.94. The fourth-order valence-corrected chi connectivity index (χ4v) is 1.27. The topological polar surface area (TPSA) is 30.5 Å². The first-order chi connectivity index (χ1) is 7.31. The normalized spacial score (nSPS) is 10.6. The first-order valence-corrected chi connectivity index (χ1v) is 4.85. The minimum atomic E-state index is 0.753. The molecular formula is C12H17NO2. The summed E-state index contributed by atoms with van der Waals surface area (Å²) in [6.45, 7) is 0.856. The molecule has 1 N–H and O–H groups in total. The van der Waals surface area contributed by atoms with E-state index in [-0.39, 0.29) is 0 Å². The maximum absolute atomic E-state index is 5.21. The quantitative estimate of drug-likeness (QED) is 0.800. The molecule has 0 aliphatic heterocycles. The van der Waals surface area contributed by atoms with Gasteiger partial charge in [0.2, 0.25) is 0 Å². The van der Waals surface area contributed by atoms with Crippen molar-refractivity contribution < 1.29 is 9.47 Å². The van der Waals surface area contributed by atoms with Crippen LogP contribution in [-0.2, 0) is 0 Å². The van der Waals surface area contributed by atoms with Gasteiger partial charge in [-0.3, -0.25) is 0 Å². The van der Waals surface area contributed by atoms with E-state index in [1.165, 1.54) is 0 Å². The highest BCUT2D eigenvalue weighted by Crippen LogP contribution is 2.27. The maximum Gasteiger partial charge on any atom is 0.161 e. The van der Waals surface area contributed by atoms with Crippen LogP contribution in [0.25, 0.3) is 6.08 Å². The first kappa shape index (κ1) is 11.6. The number of rotatable bonds is 5. The van der Waals surface area contributed by atoms with Crippen LogP contribution in [0, 0.1) is 0 Å². The van der Waals surface area contributed by atoms with E-state index < -0.39 is 0 Å². The average Bonchev–Trinajstić information content (AvgIpc) is 2.29. The molecule has 0 fully saturated rings. The summed E-state index contributed by atoms with van der Waals surface area (Å²) in [5.41, 5.74) is 1.10. The number of nitrogens with one attached hydrogen (secondary N) is 1. The van der Waals surface area contributed by atoms with Crippen LogP contribution in [0.1, 0.15) is 5.56 Å². The summed E-state index contributed by atoms with van der Waals surface area (Å²) in [4.78, 5) is 0. The van der Waals surface area contributed by atoms with E-state index in [9.17, 15) is 0 Å². The highest BCUT2D eigenvalue weighted by molar-refractivity contribution is 5.55. The second kappa shape index (κ2) is 6.09. The van der Waals surface area contributed by atoms with Gasteiger partial charge >= 0.3 is 0 Å². The zero-order valence-electron chi connectivity index (χ0n) is 9.41. The monoisotopic (exact) mass is 207 g/mol. The van der Waals surface area contributed by atoms with Gasteiger partial charge in [0.15, 0.2) is 11.5 Å². The van der Waals surface area contributed by atoms with E-state index in [0.29, 0.717) is 0 Å². The summed E-state index contributed by atoms with van der Waals surface area (Å²) in [6, 6.07) is 5.84. The number of ether oxygens (including phenoxy) is 2. The molecule has 1 aromatic carbocycles. The minimum absolute atomic E-state index is 0.753. The fourth-order valence-electron chi connectivity index (χ4n) is 1.27. The molecule has 0 atom stereocenters. The number of methoxy groups -OCH3 is 2. The van der Waals surface area contributed by atoms with Crippen LogP contribution in [0.2, 0.25) is 0 Å². The molecule has 0 saturated heterocycles. The molecule has 3 nitrogen and oxygen atoms in total. The molecular weight excluding hydrogens is 190 g/mol. The summed E-state index contributed by atoms with van der Waals surface area (Å²) in [5.74, 6) is 1.51. The predicted molar refractivity (Wildman–Crippen MR) is 62.5 cm³/mol. The molecule has 0 heterocycles. The van der Waals surface area contributed by atoms with Gasteiger partial charge in [0.25, 0.3) is 0 Å². The molecule has 1 rings (SSSR count). The van der Waals surface area contributed by atoms with E-state index in [4.69, 9.17) is 9.47 Å². The van der Waals surface area contributed by atoms with Gasteiger partial charge in [-0.2, -0.15) is 0 Å². The van der Waals surface area contributed by atoms with Gasteiger partial charge in [0.1, 0.15) is 0 Å². The van der Waals surface area contributed by atoms with E-state index in [1.807, 2.05) is 31.3 Å². The molecule has 0 aliphatic carbocycles. The molecule has 0 bridgehead atoms. The Kier molecular flexibility index (Phi) is 4.71. The molecule has 0 spiro atoms. The van der Waals surface area contributed by atoms with Crippen LogP contribution in [0.5, 0.6) is 11.5 Å². The Morgan fingerprint density at radius 2 is 1.93 bits per heavy atom. The van der Waals surface area contributed by atoms with Crippen molar-refractivity contribution in [2.75, 3.05) is 27.8 Å². The van der Waals surface area contributed by atoms with Crippen molar-refractivity contribution in [1.82, 2.24) is 5.32 Å². The second-order valence-electron chi connectivity index (χ2n) is 3.07. The van der Waals surface area contributed by atoms with Crippen molar-refractivity contribution >= 4 is 6.08 Å². The van der Waals surface area contributed by atoms with Gasteiger partial charge in [-0.25, -0.2) is 0 Å².